The van der Waals surface area contributed by atoms with Gasteiger partial charge in [0.2, 0.25) is 0 Å². The summed E-state index contributed by atoms with van der Waals surface area (Å²) >= 11 is 0. The van der Waals surface area contributed by atoms with Gasteiger partial charge in [-0.3, -0.25) is 4.79 Å². The number of hydrogen-bond donors (Lipinski definition) is 1. The molecule has 1 amide bonds. The van der Waals surface area contributed by atoms with Crippen LogP contribution in [-0.4, -0.2) is 34.8 Å². The quantitative estimate of drug-likeness (QED) is 0.639. The van der Waals surface area contributed by atoms with Crippen LogP contribution in [0.15, 0.2) is 67.3 Å². The van der Waals surface area contributed by atoms with E-state index < -0.39 is 0 Å². The van der Waals surface area contributed by atoms with Gasteiger partial charge in [-0.2, -0.15) is 0 Å². The van der Waals surface area contributed by atoms with Gasteiger partial charge in [0.1, 0.15) is 12.4 Å². The van der Waals surface area contributed by atoms with E-state index in [4.69, 9.17) is 9.47 Å². The fraction of sp³-hybridized carbons (Fsp3) is 0.304. The molecule has 0 radical (unpaired) electrons. The van der Waals surface area contributed by atoms with Gasteiger partial charge >= 0.3 is 0 Å². The van der Waals surface area contributed by atoms with Crippen LogP contribution in [0.5, 0.6) is 5.75 Å². The van der Waals surface area contributed by atoms with Crippen LogP contribution >= 0.6 is 0 Å². The number of carbonyl (C=O) groups excluding carboxylic acids is 1. The second kappa shape index (κ2) is 9.39. The predicted octanol–water partition coefficient (Wildman–Crippen LogP) is 3.42. The Labute approximate surface area is 170 Å². The van der Waals surface area contributed by atoms with E-state index in [1.54, 1.807) is 24.7 Å². The van der Waals surface area contributed by atoms with E-state index in [1.165, 1.54) is 0 Å². The van der Waals surface area contributed by atoms with Gasteiger partial charge in [0.25, 0.3) is 5.91 Å². The van der Waals surface area contributed by atoms with Gasteiger partial charge < -0.3 is 19.4 Å². The zero-order chi connectivity index (χ0) is 19.9. The Balaban J connectivity index is 1.35. The van der Waals surface area contributed by atoms with E-state index >= 15 is 0 Å². The lowest BCUT2D eigenvalue weighted by Crippen LogP contribution is -2.23. The van der Waals surface area contributed by atoms with E-state index in [-0.39, 0.29) is 12.0 Å². The SMILES string of the molecule is O=C(NCc1ccccc1Cn1ccnc1)c1cccc(OC[C@@H]2CCCO2)c1. The number of amides is 1. The first-order valence-electron chi connectivity index (χ1n) is 9.93. The maximum absolute atomic E-state index is 12.7. The van der Waals surface area contributed by atoms with Crippen LogP contribution in [0.3, 0.4) is 0 Å². The molecule has 1 saturated heterocycles. The van der Waals surface area contributed by atoms with Gasteiger partial charge in [-0.1, -0.05) is 30.3 Å². The molecule has 3 aromatic rings. The lowest BCUT2D eigenvalue weighted by atomic mass is 10.1. The Bertz CT molecular complexity index is 934. The number of aromatic nitrogens is 2. The fourth-order valence-corrected chi connectivity index (χ4v) is 3.43. The van der Waals surface area contributed by atoms with Crippen molar-refractivity contribution in [3.63, 3.8) is 0 Å². The third-order valence-corrected chi connectivity index (χ3v) is 5.03. The highest BCUT2D eigenvalue weighted by Crippen LogP contribution is 2.18. The van der Waals surface area contributed by atoms with E-state index in [1.807, 2.05) is 41.1 Å². The molecular formula is C23H25N3O3. The number of rotatable bonds is 8. The van der Waals surface area contributed by atoms with Crippen LogP contribution in [0.2, 0.25) is 0 Å². The number of hydrogen-bond acceptors (Lipinski definition) is 4. The van der Waals surface area contributed by atoms with Gasteiger partial charge in [-0.05, 0) is 42.2 Å². The lowest BCUT2D eigenvalue weighted by molar-refractivity contribution is 0.0679. The first kappa shape index (κ1) is 19.2. The zero-order valence-corrected chi connectivity index (χ0v) is 16.3. The maximum Gasteiger partial charge on any atom is 0.251 e. The van der Waals surface area contributed by atoms with Crippen LogP contribution in [0.25, 0.3) is 0 Å². The first-order valence-corrected chi connectivity index (χ1v) is 9.93. The number of imidazole rings is 1. The molecule has 2 heterocycles. The van der Waals surface area contributed by atoms with E-state index in [0.29, 0.717) is 24.5 Å². The summed E-state index contributed by atoms with van der Waals surface area (Å²) in [5.41, 5.74) is 2.82. The summed E-state index contributed by atoms with van der Waals surface area (Å²) in [5, 5.41) is 3.02. The summed E-state index contributed by atoms with van der Waals surface area (Å²) in [6.07, 6.45) is 7.74. The normalized spacial score (nSPS) is 15.9. The van der Waals surface area contributed by atoms with Crippen LogP contribution in [-0.2, 0) is 17.8 Å². The van der Waals surface area contributed by atoms with Gasteiger partial charge in [-0.25, -0.2) is 4.98 Å². The molecular weight excluding hydrogens is 366 g/mol. The molecule has 0 saturated carbocycles. The van der Waals surface area contributed by atoms with Crippen LogP contribution < -0.4 is 10.1 Å². The highest BCUT2D eigenvalue weighted by atomic mass is 16.5. The fourth-order valence-electron chi connectivity index (χ4n) is 3.43. The average molecular weight is 391 g/mol. The summed E-state index contributed by atoms with van der Waals surface area (Å²) < 4.78 is 13.4. The van der Waals surface area contributed by atoms with Gasteiger partial charge in [-0.15, -0.1) is 0 Å². The van der Waals surface area contributed by atoms with Crippen LogP contribution in [0, 0.1) is 0 Å². The van der Waals surface area contributed by atoms with Crippen molar-refractivity contribution < 1.29 is 14.3 Å². The summed E-state index contributed by atoms with van der Waals surface area (Å²) in [4.78, 5) is 16.7. The number of benzene rings is 2. The molecule has 6 heteroatoms. The molecule has 0 bridgehead atoms. The summed E-state index contributed by atoms with van der Waals surface area (Å²) in [5.74, 6) is 0.568. The Hall–Kier alpha value is -3.12. The third-order valence-electron chi connectivity index (χ3n) is 5.03. The van der Waals surface area contributed by atoms with Crippen molar-refractivity contribution >= 4 is 5.91 Å². The summed E-state index contributed by atoms with van der Waals surface area (Å²) in [7, 11) is 0. The average Bonchev–Trinajstić information content (AvgIpc) is 3.46. The highest BCUT2D eigenvalue weighted by molar-refractivity contribution is 5.94. The molecule has 2 aromatic carbocycles. The Kier molecular flexibility index (Phi) is 6.22. The molecule has 0 aliphatic carbocycles. The molecule has 1 aromatic heterocycles. The topological polar surface area (TPSA) is 65.4 Å². The molecule has 1 atom stereocenters. The summed E-state index contributed by atoms with van der Waals surface area (Å²) in [6, 6.07) is 15.4. The molecule has 6 nitrogen and oxygen atoms in total. The van der Waals surface area contributed by atoms with Crippen LogP contribution in [0.4, 0.5) is 0 Å². The Morgan fingerprint density at radius 3 is 2.90 bits per heavy atom. The smallest absolute Gasteiger partial charge is 0.251 e. The minimum absolute atomic E-state index is 0.120. The van der Waals surface area contributed by atoms with Crippen molar-refractivity contribution in [3.8, 4) is 5.75 Å². The van der Waals surface area contributed by atoms with Gasteiger partial charge in [0, 0.05) is 37.7 Å². The minimum Gasteiger partial charge on any atom is -0.491 e. The molecule has 0 unspecified atom stereocenters. The zero-order valence-electron chi connectivity index (χ0n) is 16.3. The van der Waals surface area contributed by atoms with Gasteiger partial charge in [0.15, 0.2) is 0 Å². The summed E-state index contributed by atoms with van der Waals surface area (Å²) in [6.45, 7) is 2.51. The molecule has 0 spiro atoms. The second-order valence-corrected chi connectivity index (χ2v) is 7.16. The maximum atomic E-state index is 12.7. The molecule has 150 valence electrons. The number of nitrogens with zero attached hydrogens (tertiary/aromatic N) is 2. The van der Waals surface area contributed by atoms with Crippen molar-refractivity contribution in [2.45, 2.75) is 32.0 Å². The molecule has 1 fully saturated rings. The monoisotopic (exact) mass is 391 g/mol. The highest BCUT2D eigenvalue weighted by Gasteiger charge is 2.16. The lowest BCUT2D eigenvalue weighted by Gasteiger charge is -2.13. The van der Waals surface area contributed by atoms with E-state index in [0.717, 1.165) is 37.1 Å². The van der Waals surface area contributed by atoms with Crippen LogP contribution in [0.1, 0.15) is 34.3 Å². The van der Waals surface area contributed by atoms with Crippen molar-refractivity contribution in [2.24, 2.45) is 0 Å². The first-order chi connectivity index (χ1) is 14.3. The molecule has 1 aliphatic rings. The largest absolute Gasteiger partial charge is 0.491 e. The van der Waals surface area contributed by atoms with E-state index in [2.05, 4.69) is 16.4 Å². The van der Waals surface area contributed by atoms with E-state index in [9.17, 15) is 4.79 Å². The Morgan fingerprint density at radius 1 is 1.21 bits per heavy atom. The van der Waals surface area contributed by atoms with Gasteiger partial charge in [0.05, 0.1) is 12.4 Å². The third kappa shape index (κ3) is 5.23. The predicted molar refractivity (Wildman–Crippen MR) is 110 cm³/mol. The van der Waals surface area contributed by atoms with Crippen molar-refractivity contribution in [2.75, 3.05) is 13.2 Å². The number of carbonyl (C=O) groups is 1. The number of nitrogens with one attached hydrogen (secondary N) is 1. The van der Waals surface area contributed by atoms with Crippen molar-refractivity contribution in [1.29, 1.82) is 0 Å². The molecule has 1 aliphatic heterocycles. The second-order valence-electron chi connectivity index (χ2n) is 7.16. The van der Waals surface area contributed by atoms with Crippen molar-refractivity contribution in [3.05, 3.63) is 83.9 Å². The standard InChI is InChI=1S/C23H25N3O3/c27-23(18-7-3-8-21(13-18)29-16-22-9-4-12-28-22)25-14-19-5-1-2-6-20(19)15-26-11-10-24-17-26/h1-3,5-8,10-11,13,17,22H,4,9,12,14-16H2,(H,25,27)/t22-/m0/s1. The molecule has 29 heavy (non-hydrogen) atoms. The molecule has 1 N–H and O–H groups in total. The Morgan fingerprint density at radius 2 is 2.10 bits per heavy atom. The van der Waals surface area contributed by atoms with Crippen molar-refractivity contribution in [1.82, 2.24) is 14.9 Å². The number of ether oxygens (including phenoxy) is 2. The molecule has 4 rings (SSSR count). The minimum atomic E-state index is -0.120.